The largest absolute Gasteiger partial charge is 0.329 e. The predicted molar refractivity (Wildman–Crippen MR) is 67.5 cm³/mol. The van der Waals surface area contributed by atoms with Gasteiger partial charge in [0.05, 0.1) is 0 Å². The van der Waals surface area contributed by atoms with Crippen LogP contribution in [0.3, 0.4) is 0 Å². The molecular weight excluding hydrogens is 186 g/mol. The summed E-state index contributed by atoms with van der Waals surface area (Å²) < 4.78 is 0. The third-order valence-electron chi connectivity index (χ3n) is 1.68. The fourth-order valence-electron chi connectivity index (χ4n) is 0.918. The molecule has 0 heterocycles. The van der Waals surface area contributed by atoms with E-state index in [4.69, 9.17) is 11.5 Å². The Morgan fingerprint density at radius 1 is 1.07 bits per heavy atom. The quantitative estimate of drug-likeness (QED) is 0.626. The lowest BCUT2D eigenvalue weighted by Crippen LogP contribution is -2.27. The van der Waals surface area contributed by atoms with Gasteiger partial charge in [-0.25, -0.2) is 0 Å². The van der Waals surface area contributed by atoms with Gasteiger partial charge in [-0.15, -0.1) is 0 Å². The first-order valence-corrected chi connectivity index (χ1v) is 5.13. The van der Waals surface area contributed by atoms with Crippen molar-refractivity contribution in [2.75, 3.05) is 26.2 Å². The Kier molecular flexibility index (Phi) is 10.1. The Labute approximate surface area is 92.2 Å². The van der Waals surface area contributed by atoms with E-state index in [1.165, 1.54) is 5.56 Å². The summed E-state index contributed by atoms with van der Waals surface area (Å²) in [6.07, 6.45) is 1.83. The summed E-state index contributed by atoms with van der Waals surface area (Å²) in [6, 6.07) is 10.0. The van der Waals surface area contributed by atoms with E-state index in [0.29, 0.717) is 13.1 Å². The topological polar surface area (TPSA) is 64.1 Å². The van der Waals surface area contributed by atoms with Gasteiger partial charge in [0.2, 0.25) is 0 Å². The minimum Gasteiger partial charge on any atom is -0.329 e. The molecule has 0 radical (unpaired) electrons. The number of benzene rings is 1. The van der Waals surface area contributed by atoms with Crippen molar-refractivity contribution in [3.05, 3.63) is 42.5 Å². The zero-order valence-electron chi connectivity index (χ0n) is 9.15. The molecule has 0 amide bonds. The molecule has 5 N–H and O–H groups in total. The van der Waals surface area contributed by atoms with Gasteiger partial charge in [0.1, 0.15) is 0 Å². The number of rotatable bonds is 5. The summed E-state index contributed by atoms with van der Waals surface area (Å²) in [6.45, 7) is 6.76. The van der Waals surface area contributed by atoms with Crippen molar-refractivity contribution >= 4 is 6.08 Å². The SMILES string of the molecule is C=Cc1ccccc1.NCCNCCN. The zero-order valence-corrected chi connectivity index (χ0v) is 9.15. The summed E-state index contributed by atoms with van der Waals surface area (Å²) in [7, 11) is 0. The van der Waals surface area contributed by atoms with Gasteiger partial charge >= 0.3 is 0 Å². The molecule has 0 fully saturated rings. The lowest BCUT2D eigenvalue weighted by molar-refractivity contribution is 0.696. The Bertz CT molecular complexity index is 230. The maximum absolute atomic E-state index is 5.17. The van der Waals surface area contributed by atoms with Gasteiger partial charge in [-0.2, -0.15) is 0 Å². The molecule has 15 heavy (non-hydrogen) atoms. The molecule has 0 aromatic heterocycles. The van der Waals surface area contributed by atoms with Crippen LogP contribution in [0.4, 0.5) is 0 Å². The molecular formula is C12H21N3. The fraction of sp³-hybridized carbons (Fsp3) is 0.333. The average Bonchev–Trinajstić information content (AvgIpc) is 2.32. The normalized spacial score (nSPS) is 8.93. The van der Waals surface area contributed by atoms with Gasteiger partial charge in [0.25, 0.3) is 0 Å². The number of hydrogen-bond donors (Lipinski definition) is 3. The lowest BCUT2D eigenvalue weighted by Gasteiger charge is -1.95. The second kappa shape index (κ2) is 10.9. The van der Waals surface area contributed by atoms with E-state index in [1.54, 1.807) is 0 Å². The minimum atomic E-state index is 0.694. The third-order valence-corrected chi connectivity index (χ3v) is 1.68. The van der Waals surface area contributed by atoms with Crippen LogP contribution in [0, 0.1) is 0 Å². The van der Waals surface area contributed by atoms with Gasteiger partial charge in [-0.05, 0) is 5.56 Å². The van der Waals surface area contributed by atoms with Crippen molar-refractivity contribution in [1.29, 1.82) is 0 Å². The van der Waals surface area contributed by atoms with Crippen molar-refractivity contribution in [3.63, 3.8) is 0 Å². The molecule has 0 unspecified atom stereocenters. The van der Waals surface area contributed by atoms with Crippen molar-refractivity contribution in [2.45, 2.75) is 0 Å². The van der Waals surface area contributed by atoms with Gasteiger partial charge < -0.3 is 16.8 Å². The molecule has 0 bridgehead atoms. The van der Waals surface area contributed by atoms with Crippen molar-refractivity contribution in [1.82, 2.24) is 5.32 Å². The van der Waals surface area contributed by atoms with E-state index in [2.05, 4.69) is 11.9 Å². The highest BCUT2D eigenvalue weighted by Crippen LogP contribution is 1.97. The molecule has 1 rings (SSSR count). The van der Waals surface area contributed by atoms with Crippen LogP contribution < -0.4 is 16.8 Å². The van der Waals surface area contributed by atoms with E-state index >= 15 is 0 Å². The molecule has 3 heteroatoms. The summed E-state index contributed by atoms with van der Waals surface area (Å²) >= 11 is 0. The second-order valence-corrected chi connectivity index (χ2v) is 2.94. The molecule has 0 aliphatic carbocycles. The molecule has 0 atom stereocenters. The zero-order chi connectivity index (χ0) is 11.4. The van der Waals surface area contributed by atoms with Crippen LogP contribution in [0.25, 0.3) is 6.08 Å². The average molecular weight is 207 g/mol. The smallest absolute Gasteiger partial charge is 0.00750 e. The molecule has 0 spiro atoms. The van der Waals surface area contributed by atoms with Crippen molar-refractivity contribution < 1.29 is 0 Å². The van der Waals surface area contributed by atoms with Crippen LogP contribution in [0.15, 0.2) is 36.9 Å². The van der Waals surface area contributed by atoms with Gasteiger partial charge in [-0.3, -0.25) is 0 Å². The summed E-state index contributed by atoms with van der Waals surface area (Å²) in [5.41, 5.74) is 11.5. The van der Waals surface area contributed by atoms with E-state index < -0.39 is 0 Å². The van der Waals surface area contributed by atoms with Gasteiger partial charge in [0, 0.05) is 26.2 Å². The first kappa shape index (κ1) is 13.8. The fourth-order valence-corrected chi connectivity index (χ4v) is 0.918. The van der Waals surface area contributed by atoms with Crippen LogP contribution >= 0.6 is 0 Å². The van der Waals surface area contributed by atoms with Crippen molar-refractivity contribution in [3.8, 4) is 0 Å². The molecule has 0 saturated heterocycles. The van der Waals surface area contributed by atoms with E-state index in [-0.39, 0.29) is 0 Å². The first-order chi connectivity index (χ1) is 7.35. The van der Waals surface area contributed by atoms with Crippen LogP contribution in [0.1, 0.15) is 5.56 Å². The minimum absolute atomic E-state index is 0.694. The lowest BCUT2D eigenvalue weighted by atomic mass is 10.2. The highest BCUT2D eigenvalue weighted by molar-refractivity contribution is 5.45. The van der Waals surface area contributed by atoms with E-state index in [1.807, 2.05) is 36.4 Å². The summed E-state index contributed by atoms with van der Waals surface area (Å²) in [5, 5.41) is 3.03. The summed E-state index contributed by atoms with van der Waals surface area (Å²) in [4.78, 5) is 0. The predicted octanol–water partition coefficient (Wildman–Crippen LogP) is 0.823. The molecule has 3 nitrogen and oxygen atoms in total. The van der Waals surface area contributed by atoms with Crippen LogP contribution in [-0.4, -0.2) is 26.2 Å². The maximum Gasteiger partial charge on any atom is 0.00750 e. The Morgan fingerprint density at radius 2 is 1.60 bits per heavy atom. The molecule has 84 valence electrons. The monoisotopic (exact) mass is 207 g/mol. The van der Waals surface area contributed by atoms with Crippen molar-refractivity contribution in [2.24, 2.45) is 11.5 Å². The van der Waals surface area contributed by atoms with Crippen LogP contribution in [0.5, 0.6) is 0 Å². The van der Waals surface area contributed by atoms with Crippen LogP contribution in [-0.2, 0) is 0 Å². The molecule has 1 aromatic rings. The van der Waals surface area contributed by atoms with Gasteiger partial charge in [0.15, 0.2) is 0 Å². The summed E-state index contributed by atoms with van der Waals surface area (Å²) in [5.74, 6) is 0. The maximum atomic E-state index is 5.17. The standard InChI is InChI=1S/C8H8.C4H13N3/c1-2-8-6-4-3-5-7-8;5-1-3-7-4-2-6/h2-7H,1H2;7H,1-6H2. The third kappa shape index (κ3) is 9.15. The number of hydrogen-bond acceptors (Lipinski definition) is 3. The molecule has 0 aliphatic heterocycles. The second-order valence-electron chi connectivity index (χ2n) is 2.94. The Balaban J connectivity index is 0.000000265. The Hall–Kier alpha value is -1.16. The van der Waals surface area contributed by atoms with E-state index in [9.17, 15) is 0 Å². The highest BCUT2D eigenvalue weighted by Gasteiger charge is 1.77. The van der Waals surface area contributed by atoms with Crippen LogP contribution in [0.2, 0.25) is 0 Å². The Morgan fingerprint density at radius 3 is 1.93 bits per heavy atom. The first-order valence-electron chi connectivity index (χ1n) is 5.13. The van der Waals surface area contributed by atoms with E-state index in [0.717, 1.165) is 13.1 Å². The molecule has 0 aliphatic rings. The number of nitrogens with two attached hydrogens (primary N) is 2. The highest BCUT2D eigenvalue weighted by atomic mass is 14.9. The molecule has 1 aromatic carbocycles. The molecule has 0 saturated carbocycles. The van der Waals surface area contributed by atoms with Gasteiger partial charge in [-0.1, -0.05) is 43.0 Å². The number of nitrogens with one attached hydrogen (secondary N) is 1.